The molecule has 0 unspecified atom stereocenters. The molecule has 0 saturated heterocycles. The van der Waals surface area contributed by atoms with Gasteiger partial charge in [-0.05, 0) is 13.0 Å². The lowest BCUT2D eigenvalue weighted by Crippen LogP contribution is -2.06. The smallest absolute Gasteiger partial charge is 0.331 e. The van der Waals surface area contributed by atoms with E-state index in [0.29, 0.717) is 0 Å². The van der Waals surface area contributed by atoms with E-state index >= 15 is 0 Å². The highest BCUT2D eigenvalue weighted by Gasteiger charge is 2.06. The van der Waals surface area contributed by atoms with E-state index in [4.69, 9.17) is 5.11 Å². The number of ketones is 1. The molecule has 11 heavy (non-hydrogen) atoms. The Hall–Kier alpha value is -1.12. The predicted molar refractivity (Wildman–Crippen MR) is 41.2 cm³/mol. The van der Waals surface area contributed by atoms with Crippen molar-refractivity contribution in [1.29, 1.82) is 0 Å². The lowest BCUT2D eigenvalue weighted by molar-refractivity contribution is -0.133. The van der Waals surface area contributed by atoms with Gasteiger partial charge in [0.15, 0.2) is 5.78 Å². The van der Waals surface area contributed by atoms with Crippen LogP contribution in [0.3, 0.4) is 0 Å². The minimum absolute atomic E-state index is 0.0868. The number of carbonyl (C=O) groups excluding carboxylic acids is 1. The predicted octanol–water partition coefficient (Wildman–Crippen LogP) is 1.24. The largest absolute Gasteiger partial charge is 0.478 e. The van der Waals surface area contributed by atoms with Crippen molar-refractivity contribution in [2.45, 2.75) is 20.8 Å². The molecule has 0 aliphatic carbocycles. The summed E-state index contributed by atoms with van der Waals surface area (Å²) in [5.74, 6) is -1.33. The molecule has 3 nitrogen and oxygen atoms in total. The van der Waals surface area contributed by atoms with Gasteiger partial charge in [-0.25, -0.2) is 4.79 Å². The first-order valence-electron chi connectivity index (χ1n) is 3.40. The highest BCUT2D eigenvalue weighted by atomic mass is 16.4. The molecule has 1 N–H and O–H groups in total. The van der Waals surface area contributed by atoms with Gasteiger partial charge in [0.1, 0.15) is 0 Å². The summed E-state index contributed by atoms with van der Waals surface area (Å²) in [5.41, 5.74) is 0.0868. The average Bonchev–Trinajstić information content (AvgIpc) is 1.87. The highest BCUT2D eigenvalue weighted by molar-refractivity contribution is 5.99. The second kappa shape index (κ2) is 3.91. The second-order valence-electron chi connectivity index (χ2n) is 2.69. The maximum atomic E-state index is 10.9. The molecule has 62 valence electrons. The summed E-state index contributed by atoms with van der Waals surface area (Å²) in [7, 11) is 0. The van der Waals surface area contributed by atoms with Crippen molar-refractivity contribution < 1.29 is 14.7 Å². The van der Waals surface area contributed by atoms with Gasteiger partial charge in [0.25, 0.3) is 0 Å². The van der Waals surface area contributed by atoms with Crippen LogP contribution in [0.25, 0.3) is 0 Å². The van der Waals surface area contributed by atoms with Crippen molar-refractivity contribution in [1.82, 2.24) is 0 Å². The molecule has 0 saturated carbocycles. The Bertz CT molecular complexity index is 201. The fourth-order valence-corrected chi connectivity index (χ4v) is 0.442. The summed E-state index contributed by atoms with van der Waals surface area (Å²) in [6, 6.07) is 0. The summed E-state index contributed by atoms with van der Waals surface area (Å²) in [6.45, 7) is 4.87. The van der Waals surface area contributed by atoms with Crippen LogP contribution in [-0.2, 0) is 9.59 Å². The van der Waals surface area contributed by atoms with E-state index in [9.17, 15) is 9.59 Å². The van der Waals surface area contributed by atoms with Crippen LogP contribution in [0, 0.1) is 5.92 Å². The van der Waals surface area contributed by atoms with Gasteiger partial charge < -0.3 is 5.11 Å². The minimum Gasteiger partial charge on any atom is -0.478 e. The normalized spacial score (nSPS) is 11.8. The van der Waals surface area contributed by atoms with Crippen LogP contribution >= 0.6 is 0 Å². The number of allylic oxidation sites excluding steroid dienone is 1. The van der Waals surface area contributed by atoms with Gasteiger partial charge in [-0.2, -0.15) is 0 Å². The zero-order chi connectivity index (χ0) is 9.02. The molecule has 0 radical (unpaired) electrons. The third-order valence-electron chi connectivity index (χ3n) is 1.27. The van der Waals surface area contributed by atoms with Crippen molar-refractivity contribution in [3.05, 3.63) is 11.6 Å². The number of rotatable bonds is 3. The number of aliphatic carboxylic acids is 1. The van der Waals surface area contributed by atoms with Gasteiger partial charge in [0, 0.05) is 11.5 Å². The highest BCUT2D eigenvalue weighted by Crippen LogP contribution is 1.99. The summed E-state index contributed by atoms with van der Waals surface area (Å²) < 4.78 is 0. The first kappa shape index (κ1) is 9.88. The first-order chi connectivity index (χ1) is 4.95. The number of hydrogen-bond donors (Lipinski definition) is 1. The monoisotopic (exact) mass is 156 g/mol. The van der Waals surface area contributed by atoms with Crippen LogP contribution in [0.4, 0.5) is 0 Å². The Morgan fingerprint density at radius 2 is 1.82 bits per heavy atom. The van der Waals surface area contributed by atoms with E-state index in [1.165, 1.54) is 6.92 Å². The molecule has 0 aliphatic heterocycles. The van der Waals surface area contributed by atoms with Crippen molar-refractivity contribution in [2.24, 2.45) is 5.92 Å². The topological polar surface area (TPSA) is 54.4 Å². The Morgan fingerprint density at radius 3 is 2.09 bits per heavy atom. The molecule has 0 fully saturated rings. The maximum absolute atomic E-state index is 10.9. The Balaban J connectivity index is 4.32. The lowest BCUT2D eigenvalue weighted by atomic mass is 10.1. The fourth-order valence-electron chi connectivity index (χ4n) is 0.442. The molecule has 0 amide bonds. The van der Waals surface area contributed by atoms with Gasteiger partial charge in [-0.15, -0.1) is 0 Å². The van der Waals surface area contributed by atoms with Gasteiger partial charge in [-0.3, -0.25) is 4.79 Å². The quantitative estimate of drug-likeness (QED) is 0.625. The van der Waals surface area contributed by atoms with Crippen molar-refractivity contribution >= 4 is 11.8 Å². The molecule has 0 aromatic carbocycles. The molecule has 0 bridgehead atoms. The van der Waals surface area contributed by atoms with E-state index in [-0.39, 0.29) is 17.3 Å². The molecule has 0 aromatic heterocycles. The molecule has 0 spiro atoms. The molecule has 0 heterocycles. The van der Waals surface area contributed by atoms with Crippen LogP contribution in [0.1, 0.15) is 20.8 Å². The van der Waals surface area contributed by atoms with Crippen molar-refractivity contribution in [3.8, 4) is 0 Å². The van der Waals surface area contributed by atoms with Crippen LogP contribution in [0.15, 0.2) is 11.6 Å². The fraction of sp³-hybridized carbons (Fsp3) is 0.500. The zero-order valence-electron chi connectivity index (χ0n) is 6.92. The van der Waals surface area contributed by atoms with E-state index < -0.39 is 5.97 Å². The summed E-state index contributed by atoms with van der Waals surface area (Å²) in [5, 5.41) is 8.39. The third-order valence-corrected chi connectivity index (χ3v) is 1.27. The number of carboxylic acids is 1. The van der Waals surface area contributed by atoms with Crippen molar-refractivity contribution in [3.63, 3.8) is 0 Å². The van der Waals surface area contributed by atoms with E-state index in [1.54, 1.807) is 13.8 Å². The number of carbonyl (C=O) groups is 2. The Kier molecular flexibility index (Phi) is 3.51. The SMILES string of the molecule is CC(=CC(=O)C(C)C)C(=O)O. The first-order valence-corrected chi connectivity index (χ1v) is 3.40. The third kappa shape index (κ3) is 3.55. The van der Waals surface area contributed by atoms with E-state index in [1.807, 2.05) is 0 Å². The summed E-state index contributed by atoms with van der Waals surface area (Å²) in [6.07, 6.45) is 1.16. The van der Waals surface area contributed by atoms with Crippen LogP contribution in [0.2, 0.25) is 0 Å². The summed E-state index contributed by atoms with van der Waals surface area (Å²) >= 11 is 0. The van der Waals surface area contributed by atoms with E-state index in [2.05, 4.69) is 0 Å². The zero-order valence-corrected chi connectivity index (χ0v) is 6.92. The Labute approximate surface area is 65.7 Å². The molecule has 0 rings (SSSR count). The minimum atomic E-state index is -1.04. The van der Waals surface area contributed by atoms with Crippen molar-refractivity contribution in [2.75, 3.05) is 0 Å². The molecule has 0 atom stereocenters. The Morgan fingerprint density at radius 1 is 1.36 bits per heavy atom. The molecule has 3 heteroatoms. The van der Waals surface area contributed by atoms with Crippen LogP contribution in [0.5, 0.6) is 0 Å². The van der Waals surface area contributed by atoms with Gasteiger partial charge >= 0.3 is 5.97 Å². The molecule has 0 aromatic rings. The molecular weight excluding hydrogens is 144 g/mol. The summed E-state index contributed by atoms with van der Waals surface area (Å²) in [4.78, 5) is 21.2. The molecular formula is C8H12O3. The number of hydrogen-bond acceptors (Lipinski definition) is 2. The van der Waals surface area contributed by atoms with Gasteiger partial charge in [-0.1, -0.05) is 13.8 Å². The lowest BCUT2D eigenvalue weighted by Gasteiger charge is -1.97. The van der Waals surface area contributed by atoms with Crippen LogP contribution < -0.4 is 0 Å². The second-order valence-corrected chi connectivity index (χ2v) is 2.69. The maximum Gasteiger partial charge on any atom is 0.331 e. The van der Waals surface area contributed by atoms with Crippen LogP contribution in [-0.4, -0.2) is 16.9 Å². The van der Waals surface area contributed by atoms with Gasteiger partial charge in [0.2, 0.25) is 0 Å². The number of carboxylic acid groups (broad SMARTS) is 1. The standard InChI is InChI=1S/C8H12O3/c1-5(2)7(9)4-6(3)8(10)11/h4-5H,1-3H3,(H,10,11). The van der Waals surface area contributed by atoms with E-state index in [0.717, 1.165) is 6.08 Å². The van der Waals surface area contributed by atoms with Gasteiger partial charge in [0.05, 0.1) is 0 Å². The molecule has 0 aliphatic rings. The average molecular weight is 156 g/mol.